The number of hydrogen-bond donors (Lipinski definition) is 3. The molecule has 0 fully saturated rings. The number of aromatic nitrogens is 1. The predicted molar refractivity (Wildman–Crippen MR) is 76.9 cm³/mol. The van der Waals surface area contributed by atoms with Crippen LogP contribution in [0.2, 0.25) is 5.02 Å². The van der Waals surface area contributed by atoms with Gasteiger partial charge in [0.1, 0.15) is 5.82 Å². The van der Waals surface area contributed by atoms with Gasteiger partial charge >= 0.3 is 0 Å². The van der Waals surface area contributed by atoms with E-state index in [4.69, 9.17) is 17.3 Å². The molecule has 112 valence electrons. The van der Waals surface area contributed by atoms with Gasteiger partial charge in [-0.15, -0.1) is 0 Å². The van der Waals surface area contributed by atoms with E-state index in [1.54, 1.807) is 0 Å². The minimum atomic E-state index is -3.45. The lowest BCUT2D eigenvalue weighted by Crippen LogP contribution is -2.38. The highest BCUT2D eigenvalue weighted by molar-refractivity contribution is 7.87. The van der Waals surface area contributed by atoms with E-state index in [2.05, 4.69) is 15.0 Å². The third-order valence-electron chi connectivity index (χ3n) is 2.31. The minimum absolute atomic E-state index is 0.163. The molecule has 1 rings (SSSR count). The third kappa shape index (κ3) is 4.60. The van der Waals surface area contributed by atoms with Crippen LogP contribution in [-0.2, 0) is 10.2 Å². The van der Waals surface area contributed by atoms with Crippen molar-refractivity contribution >= 4 is 33.5 Å². The number of nitrogens with zero attached hydrogens (tertiary/aromatic N) is 2. The molecular weight excluding hydrogens is 306 g/mol. The summed E-state index contributed by atoms with van der Waals surface area (Å²) in [7, 11) is -0.597. The van der Waals surface area contributed by atoms with Crippen LogP contribution in [0.15, 0.2) is 12.3 Å². The zero-order chi connectivity index (χ0) is 15.3. The fraction of sp³-hybridized carbons (Fsp3) is 0.400. The normalized spacial score (nSPS) is 11.6. The Morgan fingerprint density at radius 3 is 2.60 bits per heavy atom. The Kier molecular flexibility index (Phi) is 5.69. The molecule has 10 heteroatoms. The average Bonchev–Trinajstić information content (AvgIpc) is 2.35. The lowest BCUT2D eigenvalue weighted by Gasteiger charge is -2.13. The van der Waals surface area contributed by atoms with E-state index in [9.17, 15) is 13.2 Å². The number of halogens is 1. The Morgan fingerprint density at radius 2 is 2.10 bits per heavy atom. The van der Waals surface area contributed by atoms with E-state index in [0.717, 1.165) is 4.31 Å². The molecule has 0 unspecified atom stereocenters. The first-order valence-electron chi connectivity index (χ1n) is 5.60. The summed E-state index contributed by atoms with van der Waals surface area (Å²) >= 11 is 5.91. The molecule has 0 aliphatic heterocycles. The van der Waals surface area contributed by atoms with E-state index in [0.29, 0.717) is 5.82 Å². The molecule has 8 nitrogen and oxygen atoms in total. The average molecular weight is 322 g/mol. The molecular formula is C10H16ClN5O3S. The number of primary amides is 1. The number of amides is 1. The van der Waals surface area contributed by atoms with Crippen LogP contribution < -0.4 is 15.8 Å². The molecule has 0 spiro atoms. The lowest BCUT2D eigenvalue weighted by atomic mass is 10.3. The Hall–Kier alpha value is -1.42. The number of nitrogens with one attached hydrogen (secondary N) is 2. The van der Waals surface area contributed by atoms with Crippen molar-refractivity contribution in [2.45, 2.75) is 0 Å². The molecule has 0 bridgehead atoms. The van der Waals surface area contributed by atoms with E-state index < -0.39 is 16.1 Å². The standard InChI is InChI=1S/C10H16ClN5O3S/c1-16(2)20(18,19)15-4-3-13-10-8(11)5-7(6-14-10)9(12)17/h5-6,15H,3-4H2,1-2H3,(H2,12,17)(H,13,14). The second-order valence-corrected chi connectivity index (χ2v) is 6.40. The largest absolute Gasteiger partial charge is 0.368 e. The molecule has 1 amide bonds. The van der Waals surface area contributed by atoms with Gasteiger partial charge in [0.2, 0.25) is 5.91 Å². The van der Waals surface area contributed by atoms with Crippen LogP contribution in [0.4, 0.5) is 5.82 Å². The summed E-state index contributed by atoms with van der Waals surface area (Å²) in [4.78, 5) is 14.9. The molecule has 0 aliphatic rings. The van der Waals surface area contributed by atoms with Gasteiger partial charge in [-0.2, -0.15) is 12.7 Å². The lowest BCUT2D eigenvalue weighted by molar-refractivity contribution is 0.1000. The maximum absolute atomic E-state index is 11.4. The number of rotatable bonds is 7. The van der Waals surface area contributed by atoms with Gasteiger partial charge in [-0.05, 0) is 6.07 Å². The smallest absolute Gasteiger partial charge is 0.278 e. The summed E-state index contributed by atoms with van der Waals surface area (Å²) in [5.41, 5.74) is 5.29. The Labute approximate surface area is 122 Å². The van der Waals surface area contributed by atoms with E-state index in [1.807, 2.05) is 0 Å². The first kappa shape index (κ1) is 16.6. The highest BCUT2D eigenvalue weighted by Crippen LogP contribution is 2.19. The predicted octanol–water partition coefficient (Wildman–Crippen LogP) is -0.358. The molecule has 0 saturated heterocycles. The summed E-state index contributed by atoms with van der Waals surface area (Å²) in [6.45, 7) is 0.450. The highest BCUT2D eigenvalue weighted by atomic mass is 35.5. The van der Waals surface area contributed by atoms with Crippen molar-refractivity contribution in [3.05, 3.63) is 22.8 Å². The van der Waals surface area contributed by atoms with Crippen LogP contribution in [0.25, 0.3) is 0 Å². The van der Waals surface area contributed by atoms with Gasteiger partial charge in [0.05, 0.1) is 10.6 Å². The van der Waals surface area contributed by atoms with Crippen LogP contribution in [-0.4, -0.2) is 50.8 Å². The molecule has 0 atom stereocenters. The molecule has 0 radical (unpaired) electrons. The van der Waals surface area contributed by atoms with Gasteiger partial charge < -0.3 is 11.1 Å². The Bertz CT molecular complexity index is 591. The van der Waals surface area contributed by atoms with Crippen molar-refractivity contribution in [1.82, 2.24) is 14.0 Å². The second kappa shape index (κ2) is 6.84. The first-order chi connectivity index (χ1) is 9.24. The highest BCUT2D eigenvalue weighted by Gasteiger charge is 2.12. The van der Waals surface area contributed by atoms with Gasteiger partial charge in [-0.3, -0.25) is 4.79 Å². The van der Waals surface area contributed by atoms with Crippen LogP contribution in [0.5, 0.6) is 0 Å². The SMILES string of the molecule is CN(C)S(=O)(=O)NCCNc1ncc(C(N)=O)cc1Cl. The molecule has 1 aromatic heterocycles. The van der Waals surface area contributed by atoms with Gasteiger partial charge in [0, 0.05) is 33.4 Å². The van der Waals surface area contributed by atoms with Crippen molar-refractivity contribution in [3.8, 4) is 0 Å². The van der Waals surface area contributed by atoms with Crippen molar-refractivity contribution in [3.63, 3.8) is 0 Å². The molecule has 0 saturated carbocycles. The number of carbonyl (C=O) groups excluding carboxylic acids is 1. The van der Waals surface area contributed by atoms with Crippen LogP contribution in [0.3, 0.4) is 0 Å². The van der Waals surface area contributed by atoms with Crippen molar-refractivity contribution < 1.29 is 13.2 Å². The summed E-state index contributed by atoms with van der Waals surface area (Å²) < 4.78 is 26.3. The number of hydrogen-bond acceptors (Lipinski definition) is 5. The number of pyridine rings is 1. The fourth-order valence-electron chi connectivity index (χ4n) is 1.19. The van der Waals surface area contributed by atoms with Crippen LogP contribution >= 0.6 is 11.6 Å². The second-order valence-electron chi connectivity index (χ2n) is 4.03. The zero-order valence-corrected chi connectivity index (χ0v) is 12.6. The van der Waals surface area contributed by atoms with Gasteiger partial charge in [-0.1, -0.05) is 11.6 Å². The molecule has 0 aliphatic carbocycles. The zero-order valence-electron chi connectivity index (χ0n) is 11.1. The van der Waals surface area contributed by atoms with Gasteiger partial charge in [-0.25, -0.2) is 9.71 Å². The number of nitrogens with two attached hydrogens (primary N) is 1. The quantitative estimate of drug-likeness (QED) is 0.593. The molecule has 0 aromatic carbocycles. The van der Waals surface area contributed by atoms with Gasteiger partial charge in [0.25, 0.3) is 10.2 Å². The fourth-order valence-corrected chi connectivity index (χ4v) is 2.04. The summed E-state index contributed by atoms with van der Waals surface area (Å²) in [5.74, 6) is -0.273. The molecule has 1 aromatic rings. The van der Waals surface area contributed by atoms with Crippen molar-refractivity contribution in [2.24, 2.45) is 5.73 Å². The summed E-state index contributed by atoms with van der Waals surface area (Å²) in [6.07, 6.45) is 1.29. The first-order valence-corrected chi connectivity index (χ1v) is 7.42. The molecule has 20 heavy (non-hydrogen) atoms. The van der Waals surface area contributed by atoms with Crippen molar-refractivity contribution in [1.29, 1.82) is 0 Å². The topological polar surface area (TPSA) is 117 Å². The Morgan fingerprint density at radius 1 is 1.45 bits per heavy atom. The van der Waals surface area contributed by atoms with Crippen LogP contribution in [0, 0.1) is 0 Å². The maximum atomic E-state index is 11.4. The summed E-state index contributed by atoms with van der Waals surface area (Å²) in [5, 5.41) is 3.08. The van der Waals surface area contributed by atoms with Crippen LogP contribution in [0.1, 0.15) is 10.4 Å². The van der Waals surface area contributed by atoms with E-state index in [-0.39, 0.29) is 23.7 Å². The summed E-state index contributed by atoms with van der Waals surface area (Å²) in [6, 6.07) is 1.39. The third-order valence-corrected chi connectivity index (χ3v) is 4.13. The van der Waals surface area contributed by atoms with Crippen molar-refractivity contribution in [2.75, 3.05) is 32.5 Å². The number of anilines is 1. The maximum Gasteiger partial charge on any atom is 0.278 e. The minimum Gasteiger partial charge on any atom is -0.368 e. The monoisotopic (exact) mass is 321 g/mol. The van der Waals surface area contributed by atoms with E-state index >= 15 is 0 Å². The molecule has 1 heterocycles. The van der Waals surface area contributed by atoms with Gasteiger partial charge in [0.15, 0.2) is 0 Å². The number of carbonyl (C=O) groups is 1. The van der Waals surface area contributed by atoms with E-state index in [1.165, 1.54) is 26.4 Å². The Balaban J connectivity index is 2.53. The molecule has 4 N–H and O–H groups in total.